The summed E-state index contributed by atoms with van der Waals surface area (Å²) < 4.78 is 0. The van der Waals surface area contributed by atoms with Crippen LogP contribution in [-0.2, 0) is 28.8 Å². The van der Waals surface area contributed by atoms with E-state index in [1.165, 1.54) is 11.8 Å². The molecule has 0 spiro atoms. The lowest BCUT2D eigenvalue weighted by molar-refractivity contribution is -0.143. The minimum Gasteiger partial charge on any atom is -0.481 e. The number of nitrogens with two attached hydrogens (primary N) is 1. The van der Waals surface area contributed by atoms with Crippen molar-refractivity contribution in [3.8, 4) is 0 Å². The van der Waals surface area contributed by atoms with Gasteiger partial charge in [0.2, 0.25) is 23.6 Å². The maximum Gasteiger partial charge on any atom is 0.326 e. The van der Waals surface area contributed by atoms with Gasteiger partial charge in [-0.1, -0.05) is 0 Å². The molecule has 1 heterocycles. The summed E-state index contributed by atoms with van der Waals surface area (Å²) in [6.07, 6.45) is 2.02. The van der Waals surface area contributed by atoms with Gasteiger partial charge in [-0.05, 0) is 44.2 Å². The molecule has 1 rings (SSSR count). The smallest absolute Gasteiger partial charge is 0.326 e. The van der Waals surface area contributed by atoms with Gasteiger partial charge >= 0.3 is 11.9 Å². The Bertz CT molecular complexity index is 744. The van der Waals surface area contributed by atoms with Gasteiger partial charge in [-0.3, -0.25) is 24.0 Å². The maximum atomic E-state index is 12.8. The number of carbonyl (C=O) groups excluding carboxylic acids is 4. The van der Waals surface area contributed by atoms with Crippen molar-refractivity contribution in [2.45, 2.75) is 62.7 Å². The number of rotatable bonds is 15. The lowest BCUT2D eigenvalue weighted by atomic mass is 10.1. The number of nitrogens with one attached hydrogen (secondary N) is 4. The largest absolute Gasteiger partial charge is 0.481 e. The van der Waals surface area contributed by atoms with E-state index in [0.29, 0.717) is 18.7 Å². The average Bonchev–Trinajstić information content (AvgIpc) is 3.27. The van der Waals surface area contributed by atoms with Crippen LogP contribution in [0.1, 0.15) is 38.5 Å². The number of carbonyl (C=O) groups is 6. The fourth-order valence-corrected chi connectivity index (χ4v) is 3.63. The summed E-state index contributed by atoms with van der Waals surface area (Å²) in [7, 11) is 0. The zero-order valence-corrected chi connectivity index (χ0v) is 19.1. The molecular formula is C19H31N5O8S. The van der Waals surface area contributed by atoms with E-state index >= 15 is 0 Å². The van der Waals surface area contributed by atoms with Crippen LogP contribution >= 0.6 is 11.8 Å². The van der Waals surface area contributed by atoms with Crippen LogP contribution in [0.3, 0.4) is 0 Å². The molecule has 4 unspecified atom stereocenters. The standard InChI is InChI=1S/C19H31N5O8S/c1-33-8-6-11(17(29)23-12(19(31)32)4-5-14(20)25)22-18(30)13(9-15(26)27)24-16(28)10-3-2-7-21-10/h10-13,21H,2-9H2,1H3,(H2,20,25)(H,22,30)(H,23,29)(H,24,28)(H,26,27)(H,31,32). The molecule has 0 saturated carbocycles. The van der Waals surface area contributed by atoms with Crippen LogP contribution in [0.5, 0.6) is 0 Å². The first-order valence-electron chi connectivity index (χ1n) is 10.4. The van der Waals surface area contributed by atoms with Crippen molar-refractivity contribution >= 4 is 47.3 Å². The topological polar surface area (TPSA) is 217 Å². The van der Waals surface area contributed by atoms with Crippen LogP contribution < -0.4 is 27.0 Å². The van der Waals surface area contributed by atoms with E-state index in [1.54, 1.807) is 6.26 Å². The van der Waals surface area contributed by atoms with E-state index in [4.69, 9.17) is 10.8 Å². The highest BCUT2D eigenvalue weighted by atomic mass is 32.2. The molecule has 0 bridgehead atoms. The molecule has 1 fully saturated rings. The molecular weight excluding hydrogens is 458 g/mol. The van der Waals surface area contributed by atoms with Gasteiger partial charge in [-0.2, -0.15) is 11.8 Å². The average molecular weight is 490 g/mol. The van der Waals surface area contributed by atoms with Crippen molar-refractivity contribution in [2.24, 2.45) is 5.73 Å². The Kier molecular flexibility index (Phi) is 12.2. The van der Waals surface area contributed by atoms with Gasteiger partial charge in [-0.15, -0.1) is 0 Å². The molecule has 1 saturated heterocycles. The highest BCUT2D eigenvalue weighted by Gasteiger charge is 2.32. The fraction of sp³-hybridized carbons (Fsp3) is 0.684. The second-order valence-corrected chi connectivity index (χ2v) is 8.54. The molecule has 0 aromatic carbocycles. The highest BCUT2D eigenvalue weighted by Crippen LogP contribution is 2.08. The zero-order chi connectivity index (χ0) is 25.0. The van der Waals surface area contributed by atoms with Crippen molar-refractivity contribution in [3.63, 3.8) is 0 Å². The molecule has 4 atom stereocenters. The lowest BCUT2D eigenvalue weighted by Crippen LogP contribution is -2.57. The quantitative estimate of drug-likeness (QED) is 0.131. The third kappa shape index (κ3) is 10.5. The number of carboxylic acid groups (broad SMARTS) is 2. The van der Waals surface area contributed by atoms with Gasteiger partial charge in [0, 0.05) is 6.42 Å². The number of carboxylic acids is 2. The van der Waals surface area contributed by atoms with Crippen LogP contribution in [0.4, 0.5) is 0 Å². The van der Waals surface area contributed by atoms with Crippen LogP contribution in [0, 0.1) is 0 Å². The number of amides is 4. The lowest BCUT2D eigenvalue weighted by Gasteiger charge is -2.24. The Morgan fingerprint density at radius 3 is 2.15 bits per heavy atom. The van der Waals surface area contributed by atoms with Crippen molar-refractivity contribution in [2.75, 3.05) is 18.6 Å². The van der Waals surface area contributed by atoms with Crippen LogP contribution in [0.15, 0.2) is 0 Å². The first-order valence-corrected chi connectivity index (χ1v) is 11.8. The van der Waals surface area contributed by atoms with Gasteiger partial charge < -0.3 is 37.2 Å². The summed E-state index contributed by atoms with van der Waals surface area (Å²) in [5.41, 5.74) is 5.03. The number of hydrogen-bond donors (Lipinski definition) is 7. The molecule has 0 aliphatic carbocycles. The molecule has 14 heteroatoms. The Hall–Kier alpha value is -2.87. The summed E-state index contributed by atoms with van der Waals surface area (Å²) >= 11 is 1.38. The molecule has 8 N–H and O–H groups in total. The van der Waals surface area contributed by atoms with Crippen molar-refractivity contribution < 1.29 is 39.0 Å². The van der Waals surface area contributed by atoms with E-state index in [1.807, 2.05) is 0 Å². The molecule has 13 nitrogen and oxygen atoms in total. The maximum absolute atomic E-state index is 12.8. The Balaban J connectivity index is 2.89. The van der Waals surface area contributed by atoms with Gasteiger partial charge in [0.05, 0.1) is 12.5 Å². The predicted molar refractivity (Wildman–Crippen MR) is 118 cm³/mol. The molecule has 0 aromatic rings. The van der Waals surface area contributed by atoms with Gasteiger partial charge in [0.15, 0.2) is 0 Å². The summed E-state index contributed by atoms with van der Waals surface area (Å²) in [6, 6.07) is -4.54. The Morgan fingerprint density at radius 1 is 1.00 bits per heavy atom. The van der Waals surface area contributed by atoms with Gasteiger partial charge in [0.1, 0.15) is 18.1 Å². The first kappa shape index (κ1) is 28.2. The van der Waals surface area contributed by atoms with E-state index in [2.05, 4.69) is 21.3 Å². The second-order valence-electron chi connectivity index (χ2n) is 7.56. The van der Waals surface area contributed by atoms with Crippen LogP contribution in [0.2, 0.25) is 0 Å². The third-order valence-electron chi connectivity index (χ3n) is 4.93. The van der Waals surface area contributed by atoms with Crippen molar-refractivity contribution in [3.05, 3.63) is 0 Å². The number of thioether (sulfide) groups is 1. The summed E-state index contributed by atoms with van der Waals surface area (Å²) in [6.45, 7) is 0.630. The molecule has 4 amide bonds. The SMILES string of the molecule is CSCCC(NC(=O)C(CC(=O)O)NC(=O)C1CCCN1)C(=O)NC(CCC(N)=O)C(=O)O. The summed E-state index contributed by atoms with van der Waals surface area (Å²) in [5, 5.41) is 28.5. The molecule has 0 radical (unpaired) electrons. The zero-order valence-electron chi connectivity index (χ0n) is 18.3. The molecule has 33 heavy (non-hydrogen) atoms. The predicted octanol–water partition coefficient (Wildman–Crippen LogP) is -2.23. The van der Waals surface area contributed by atoms with Crippen LogP contribution in [-0.4, -0.2) is 88.5 Å². The second kappa shape index (κ2) is 14.3. The van der Waals surface area contributed by atoms with Gasteiger partial charge in [0.25, 0.3) is 0 Å². The number of hydrogen-bond acceptors (Lipinski definition) is 8. The molecule has 0 aromatic heterocycles. The minimum atomic E-state index is -1.42. The molecule has 186 valence electrons. The monoisotopic (exact) mass is 489 g/mol. The number of primary amides is 1. The Morgan fingerprint density at radius 2 is 1.64 bits per heavy atom. The molecule has 1 aliphatic heterocycles. The van der Waals surface area contributed by atoms with E-state index in [-0.39, 0.29) is 19.3 Å². The number of aliphatic carboxylic acids is 2. The van der Waals surface area contributed by atoms with Crippen molar-refractivity contribution in [1.82, 2.24) is 21.3 Å². The Labute approximate surface area is 195 Å². The van der Waals surface area contributed by atoms with E-state index in [9.17, 15) is 33.9 Å². The van der Waals surface area contributed by atoms with E-state index < -0.39 is 66.2 Å². The van der Waals surface area contributed by atoms with Crippen LogP contribution in [0.25, 0.3) is 0 Å². The fourth-order valence-electron chi connectivity index (χ4n) is 3.16. The summed E-state index contributed by atoms with van der Waals surface area (Å²) in [4.78, 5) is 71.4. The van der Waals surface area contributed by atoms with E-state index in [0.717, 1.165) is 6.42 Å². The van der Waals surface area contributed by atoms with Gasteiger partial charge in [-0.25, -0.2) is 4.79 Å². The minimum absolute atomic E-state index is 0.124. The normalized spacial score (nSPS) is 17.9. The third-order valence-corrected chi connectivity index (χ3v) is 5.57. The van der Waals surface area contributed by atoms with Crippen molar-refractivity contribution in [1.29, 1.82) is 0 Å². The highest BCUT2D eigenvalue weighted by molar-refractivity contribution is 7.98. The summed E-state index contributed by atoms with van der Waals surface area (Å²) in [5.74, 6) is -5.21. The first-order chi connectivity index (χ1) is 15.5. The molecule has 1 aliphatic rings.